The molecule has 3 aromatic rings. The van der Waals surface area contributed by atoms with Crippen LogP contribution >= 0.6 is 23.2 Å². The Labute approximate surface area is 195 Å². The van der Waals surface area contributed by atoms with Crippen LogP contribution in [0.15, 0.2) is 53.8 Å². The van der Waals surface area contributed by atoms with E-state index in [1.54, 1.807) is 36.5 Å². The number of hydrogen-bond acceptors (Lipinski definition) is 8. The molecule has 164 valence electrons. The molecule has 0 spiro atoms. The summed E-state index contributed by atoms with van der Waals surface area (Å²) in [6, 6.07) is 13.4. The summed E-state index contributed by atoms with van der Waals surface area (Å²) in [5, 5.41) is 10.2. The molecule has 1 saturated heterocycles. The second kappa shape index (κ2) is 8.82. The Morgan fingerprint density at radius 2 is 1.72 bits per heavy atom. The zero-order valence-electron chi connectivity index (χ0n) is 17.3. The van der Waals surface area contributed by atoms with E-state index < -0.39 is 0 Å². The topological polar surface area (TPSA) is 75.1 Å². The van der Waals surface area contributed by atoms with Crippen LogP contribution in [0.1, 0.15) is 5.56 Å². The summed E-state index contributed by atoms with van der Waals surface area (Å²) in [6.45, 7) is 3.31. The minimum Gasteiger partial charge on any atom is -0.431 e. The summed E-state index contributed by atoms with van der Waals surface area (Å²) >= 11 is 12.6. The number of halogens is 2. The minimum absolute atomic E-state index is 0.290. The monoisotopic (exact) mass is 470 g/mol. The van der Waals surface area contributed by atoms with Gasteiger partial charge in [0.2, 0.25) is 11.8 Å². The van der Waals surface area contributed by atoms with Gasteiger partial charge in [-0.05, 0) is 36.4 Å². The van der Waals surface area contributed by atoms with Crippen molar-refractivity contribution in [3.05, 3.63) is 64.3 Å². The van der Waals surface area contributed by atoms with Crippen molar-refractivity contribution in [2.75, 3.05) is 48.6 Å². The molecule has 0 saturated carbocycles. The van der Waals surface area contributed by atoms with Crippen LogP contribution in [-0.4, -0.2) is 49.2 Å². The average Bonchev–Trinajstić information content (AvgIpc) is 2.80. The largest absolute Gasteiger partial charge is 0.431 e. The van der Waals surface area contributed by atoms with E-state index in [1.165, 1.54) is 5.69 Å². The lowest BCUT2D eigenvalue weighted by Gasteiger charge is -2.29. The van der Waals surface area contributed by atoms with Crippen LogP contribution in [0.4, 0.5) is 23.1 Å². The predicted molar refractivity (Wildman–Crippen MR) is 127 cm³/mol. The van der Waals surface area contributed by atoms with Gasteiger partial charge in [-0.3, -0.25) is 0 Å². The number of rotatable bonds is 4. The summed E-state index contributed by atoms with van der Waals surface area (Å²) in [4.78, 5) is 11.2. The molecule has 1 fully saturated rings. The molecule has 0 unspecified atom stereocenters. The molecular weight excluding hydrogens is 451 g/mol. The quantitative estimate of drug-likeness (QED) is 0.598. The number of hydrazone groups is 1. The number of ether oxygens (including phenoxy) is 2. The molecule has 0 amide bonds. The molecule has 2 aromatic carbocycles. The molecule has 10 heteroatoms. The van der Waals surface area contributed by atoms with E-state index in [-0.39, 0.29) is 0 Å². The number of aromatic nitrogens is 2. The molecule has 0 radical (unpaired) electrons. The summed E-state index contributed by atoms with van der Waals surface area (Å²) in [5.74, 6) is 1.72. The van der Waals surface area contributed by atoms with E-state index in [0.717, 1.165) is 32.0 Å². The van der Waals surface area contributed by atoms with E-state index >= 15 is 0 Å². The van der Waals surface area contributed by atoms with E-state index in [1.807, 2.05) is 12.1 Å². The first kappa shape index (κ1) is 20.8. The maximum atomic E-state index is 6.30. The highest BCUT2D eigenvalue weighted by Crippen LogP contribution is 2.34. The normalized spacial score (nSPS) is 15.7. The third-order valence-corrected chi connectivity index (χ3v) is 5.80. The second-order valence-corrected chi connectivity index (χ2v) is 8.09. The van der Waals surface area contributed by atoms with Crippen LogP contribution in [-0.2, 0) is 4.74 Å². The number of anilines is 4. The summed E-state index contributed by atoms with van der Waals surface area (Å²) in [6.07, 6.45) is 1.60. The Balaban J connectivity index is 1.34. The van der Waals surface area contributed by atoms with Crippen LogP contribution in [0.5, 0.6) is 5.75 Å². The maximum absolute atomic E-state index is 6.30. The van der Waals surface area contributed by atoms with Crippen LogP contribution in [0.3, 0.4) is 0 Å². The van der Waals surface area contributed by atoms with Gasteiger partial charge < -0.3 is 19.7 Å². The molecule has 8 nitrogen and oxygen atoms in total. The van der Waals surface area contributed by atoms with Gasteiger partial charge in [-0.25, -0.2) is 9.99 Å². The SMILES string of the molecule is CN1N=C(c2c(Cl)cccc2Cl)Oc2cnc(Nc3ccc(N4CCOCC4)cc3)nc21. The fourth-order valence-corrected chi connectivity index (χ4v) is 4.10. The van der Waals surface area contributed by atoms with E-state index in [0.29, 0.717) is 39.0 Å². The molecule has 1 aromatic heterocycles. The first-order chi connectivity index (χ1) is 15.6. The minimum atomic E-state index is 0.290. The van der Waals surface area contributed by atoms with Crippen molar-refractivity contribution in [2.45, 2.75) is 0 Å². The number of nitrogens with one attached hydrogen (secondary N) is 1. The Kier molecular flexibility index (Phi) is 5.73. The highest BCUT2D eigenvalue weighted by molar-refractivity contribution is 6.39. The Morgan fingerprint density at radius 1 is 1.00 bits per heavy atom. The second-order valence-electron chi connectivity index (χ2n) is 7.28. The molecule has 0 bridgehead atoms. The molecular formula is C22H20Cl2N6O2. The predicted octanol–water partition coefficient (Wildman–Crippen LogP) is 4.55. The van der Waals surface area contributed by atoms with Crippen molar-refractivity contribution < 1.29 is 9.47 Å². The van der Waals surface area contributed by atoms with Gasteiger partial charge >= 0.3 is 0 Å². The van der Waals surface area contributed by atoms with Crippen LogP contribution < -0.4 is 20.0 Å². The van der Waals surface area contributed by atoms with Crippen molar-refractivity contribution in [1.29, 1.82) is 0 Å². The van der Waals surface area contributed by atoms with Crippen LogP contribution in [0.2, 0.25) is 10.0 Å². The van der Waals surface area contributed by atoms with Gasteiger partial charge in [-0.2, -0.15) is 4.98 Å². The van der Waals surface area contributed by atoms with Crippen molar-refractivity contribution >= 4 is 52.2 Å². The molecule has 0 atom stereocenters. The fourth-order valence-electron chi connectivity index (χ4n) is 3.54. The number of hydrogen-bond donors (Lipinski definition) is 1. The lowest BCUT2D eigenvalue weighted by Crippen LogP contribution is -2.36. The third-order valence-electron chi connectivity index (χ3n) is 5.17. The number of nitrogens with zero attached hydrogens (tertiary/aromatic N) is 5. The van der Waals surface area contributed by atoms with Gasteiger partial charge in [0, 0.05) is 31.5 Å². The van der Waals surface area contributed by atoms with Crippen molar-refractivity contribution in [2.24, 2.45) is 5.10 Å². The first-order valence-corrected chi connectivity index (χ1v) is 10.9. The Hall–Kier alpha value is -3.07. The van der Waals surface area contributed by atoms with Crippen molar-refractivity contribution in [3.63, 3.8) is 0 Å². The standard InChI is InChI=1S/C22H20Cl2N6O2/c1-29-20-18(32-21(28-29)19-16(23)3-2-4-17(19)24)13-25-22(27-20)26-14-5-7-15(8-6-14)30-9-11-31-12-10-30/h2-8,13H,9-12H2,1H3,(H,25,26,27). The first-order valence-electron chi connectivity index (χ1n) is 10.1. The summed E-state index contributed by atoms with van der Waals surface area (Å²) in [5.41, 5.74) is 2.57. The van der Waals surface area contributed by atoms with Gasteiger partial charge in [0.05, 0.1) is 35.0 Å². The summed E-state index contributed by atoms with van der Waals surface area (Å²) < 4.78 is 11.3. The maximum Gasteiger partial charge on any atom is 0.247 e. The summed E-state index contributed by atoms with van der Waals surface area (Å²) in [7, 11) is 1.78. The highest BCUT2D eigenvalue weighted by atomic mass is 35.5. The molecule has 1 N–H and O–H groups in total. The van der Waals surface area contributed by atoms with Gasteiger partial charge in [0.15, 0.2) is 11.6 Å². The molecule has 2 aliphatic rings. The Morgan fingerprint density at radius 3 is 2.44 bits per heavy atom. The molecule has 5 rings (SSSR count). The third kappa shape index (κ3) is 4.17. The number of fused-ring (bicyclic) bond motifs is 1. The highest BCUT2D eigenvalue weighted by Gasteiger charge is 2.25. The van der Waals surface area contributed by atoms with E-state index in [9.17, 15) is 0 Å². The molecule has 2 aliphatic heterocycles. The zero-order valence-corrected chi connectivity index (χ0v) is 18.8. The van der Waals surface area contributed by atoms with Gasteiger partial charge in [-0.15, -0.1) is 5.10 Å². The van der Waals surface area contributed by atoms with Gasteiger partial charge in [0.1, 0.15) is 0 Å². The molecule has 3 heterocycles. The fraction of sp³-hybridized carbons (Fsp3) is 0.227. The molecule has 0 aliphatic carbocycles. The van der Waals surface area contributed by atoms with Crippen molar-refractivity contribution in [3.8, 4) is 5.75 Å². The van der Waals surface area contributed by atoms with Crippen molar-refractivity contribution in [1.82, 2.24) is 9.97 Å². The lowest BCUT2D eigenvalue weighted by atomic mass is 10.2. The van der Waals surface area contributed by atoms with Gasteiger partial charge in [0.25, 0.3) is 0 Å². The molecule has 32 heavy (non-hydrogen) atoms. The van der Waals surface area contributed by atoms with Crippen LogP contribution in [0.25, 0.3) is 0 Å². The zero-order chi connectivity index (χ0) is 22.1. The average molecular weight is 471 g/mol. The lowest BCUT2D eigenvalue weighted by molar-refractivity contribution is 0.122. The van der Waals surface area contributed by atoms with E-state index in [4.69, 9.17) is 32.7 Å². The smallest absolute Gasteiger partial charge is 0.247 e. The van der Waals surface area contributed by atoms with Gasteiger partial charge in [-0.1, -0.05) is 29.3 Å². The number of benzene rings is 2. The Bertz CT molecular complexity index is 1150. The van der Waals surface area contributed by atoms with E-state index in [2.05, 4.69) is 37.4 Å². The van der Waals surface area contributed by atoms with Crippen LogP contribution in [0, 0.1) is 0 Å². The number of morpholine rings is 1.